The van der Waals surface area contributed by atoms with Crippen LogP contribution in [0.5, 0.6) is 0 Å². The third kappa shape index (κ3) is 1.74. The van der Waals surface area contributed by atoms with Crippen LogP contribution in [0.1, 0.15) is 6.93 Å². The summed E-state index contributed by atoms with van der Waals surface area (Å²) in [5, 5.41) is 0. The van der Waals surface area contributed by atoms with Gasteiger partial charge in [0.05, 0.1) is 1.37 Å². The molecular weight excluding hydrogens is 168 g/mol. The lowest BCUT2D eigenvalue weighted by molar-refractivity contribution is 1.60. The maximum Gasteiger partial charge on any atom is 0.0636 e. The first-order chi connectivity index (χ1) is 7.33. The van der Waals surface area contributed by atoms with E-state index in [1.807, 2.05) is 48.5 Å². The summed E-state index contributed by atoms with van der Waals surface area (Å²) < 4.78 is 8.01. The molecule has 2 aromatic carbocycles. The summed E-state index contributed by atoms with van der Waals surface area (Å²) in [7, 11) is 0. The molecule has 0 spiro atoms. The van der Waals surface area contributed by atoms with E-state index in [0.29, 0.717) is 6.04 Å². The van der Waals surface area contributed by atoms with Crippen LogP contribution >= 0.6 is 0 Å². The third-order valence-corrected chi connectivity index (χ3v) is 2.12. The van der Waals surface area contributed by atoms with Gasteiger partial charge in [0.15, 0.2) is 0 Å². The second kappa shape index (κ2) is 3.93. The minimum atomic E-state index is 0.540. The van der Waals surface area contributed by atoms with Gasteiger partial charge in [-0.05, 0) is 22.7 Å². The van der Waals surface area contributed by atoms with Gasteiger partial charge in [-0.3, -0.25) is 0 Å². The molecule has 0 fully saturated rings. The summed E-state index contributed by atoms with van der Waals surface area (Å²) >= 11 is 0. The van der Waals surface area contributed by atoms with Crippen molar-refractivity contribution in [2.24, 2.45) is 0 Å². The Balaban J connectivity index is 2.59. The van der Waals surface area contributed by atoms with Crippen molar-refractivity contribution >= 4 is 6.08 Å². The first-order valence-corrected chi connectivity index (χ1v) is 4.60. The van der Waals surface area contributed by atoms with Gasteiger partial charge in [0, 0.05) is 0 Å². The van der Waals surface area contributed by atoms with E-state index in [4.69, 9.17) is 1.37 Å². The molecular formula is C14H12. The van der Waals surface area contributed by atoms with Crippen LogP contribution < -0.4 is 0 Å². The van der Waals surface area contributed by atoms with E-state index in [1.54, 1.807) is 6.08 Å². The average molecular weight is 181 g/mol. The fourth-order valence-electron chi connectivity index (χ4n) is 1.39. The second-order valence-corrected chi connectivity index (χ2v) is 3.09. The molecule has 0 bridgehead atoms. The molecule has 0 heteroatoms. The van der Waals surface area contributed by atoms with Gasteiger partial charge in [0.1, 0.15) is 0 Å². The number of hydrogen-bond acceptors (Lipinski definition) is 0. The topological polar surface area (TPSA) is 0 Å². The normalized spacial score (nSPS) is 10.7. The largest absolute Gasteiger partial charge is 0.0985 e. The second-order valence-electron chi connectivity index (χ2n) is 3.09. The van der Waals surface area contributed by atoms with Crippen molar-refractivity contribution in [3.05, 3.63) is 66.7 Å². The van der Waals surface area contributed by atoms with Crippen molar-refractivity contribution in [3.8, 4) is 11.1 Å². The molecule has 0 heterocycles. The SMILES string of the molecule is [2H]c1c(C=C)cccc1-c1ccccc1. The third-order valence-electron chi connectivity index (χ3n) is 2.12. The van der Waals surface area contributed by atoms with E-state index < -0.39 is 0 Å². The van der Waals surface area contributed by atoms with E-state index in [2.05, 4.69) is 6.58 Å². The Morgan fingerprint density at radius 2 is 1.64 bits per heavy atom. The van der Waals surface area contributed by atoms with Gasteiger partial charge in [0.25, 0.3) is 0 Å². The van der Waals surface area contributed by atoms with Crippen molar-refractivity contribution in [1.29, 1.82) is 0 Å². The Labute approximate surface area is 85.9 Å². The van der Waals surface area contributed by atoms with Gasteiger partial charge in [-0.2, -0.15) is 0 Å². The molecule has 68 valence electrons. The molecule has 0 aliphatic heterocycles. The van der Waals surface area contributed by atoms with Crippen LogP contribution in [0, 0.1) is 0 Å². The van der Waals surface area contributed by atoms with E-state index in [9.17, 15) is 0 Å². The summed E-state index contributed by atoms with van der Waals surface area (Å²) in [6.07, 6.45) is 1.72. The maximum absolute atomic E-state index is 8.01. The van der Waals surface area contributed by atoms with E-state index in [-0.39, 0.29) is 0 Å². The Morgan fingerprint density at radius 1 is 0.929 bits per heavy atom. The summed E-state index contributed by atoms with van der Waals surface area (Å²) in [5.41, 5.74) is 2.90. The van der Waals surface area contributed by atoms with Gasteiger partial charge in [-0.1, -0.05) is 61.2 Å². The highest BCUT2D eigenvalue weighted by atomic mass is 14.0. The van der Waals surface area contributed by atoms with Crippen LogP contribution in [0.4, 0.5) is 0 Å². The Hall–Kier alpha value is -1.82. The molecule has 0 radical (unpaired) electrons. The molecule has 0 aliphatic rings. The molecule has 2 rings (SSSR count). The molecule has 2 aromatic rings. The molecule has 0 atom stereocenters. The zero-order chi connectivity index (χ0) is 10.7. The minimum Gasteiger partial charge on any atom is -0.0985 e. The number of rotatable bonds is 2. The summed E-state index contributed by atoms with van der Waals surface area (Å²) in [6.45, 7) is 3.71. The highest BCUT2D eigenvalue weighted by molar-refractivity contribution is 5.66. The van der Waals surface area contributed by atoms with Crippen molar-refractivity contribution in [2.75, 3.05) is 0 Å². The zero-order valence-electron chi connectivity index (χ0n) is 8.90. The zero-order valence-corrected chi connectivity index (χ0v) is 7.90. The summed E-state index contributed by atoms with van der Waals surface area (Å²) in [4.78, 5) is 0. The fourth-order valence-corrected chi connectivity index (χ4v) is 1.39. The highest BCUT2D eigenvalue weighted by Gasteiger charge is 1.95. The van der Waals surface area contributed by atoms with Gasteiger partial charge in [0.2, 0.25) is 0 Å². The lowest BCUT2D eigenvalue weighted by Crippen LogP contribution is -1.77. The first-order valence-electron chi connectivity index (χ1n) is 5.10. The van der Waals surface area contributed by atoms with E-state index in [1.165, 1.54) is 0 Å². The predicted molar refractivity (Wildman–Crippen MR) is 62.0 cm³/mol. The Bertz CT molecular complexity index is 472. The van der Waals surface area contributed by atoms with Gasteiger partial charge in [-0.15, -0.1) is 0 Å². The highest BCUT2D eigenvalue weighted by Crippen LogP contribution is 2.20. The van der Waals surface area contributed by atoms with Crippen molar-refractivity contribution in [2.45, 2.75) is 0 Å². The molecule has 0 N–H and O–H groups in total. The van der Waals surface area contributed by atoms with Crippen LogP contribution in [-0.2, 0) is 0 Å². The van der Waals surface area contributed by atoms with Crippen LogP contribution in [0.2, 0.25) is 0 Å². The standard InChI is InChI=1S/C14H12/c1-2-12-7-6-10-14(11-12)13-8-4-3-5-9-13/h2-11H,1H2/i11D. The van der Waals surface area contributed by atoms with Crippen molar-refractivity contribution < 1.29 is 1.37 Å². The van der Waals surface area contributed by atoms with Gasteiger partial charge in [-0.25, -0.2) is 0 Å². The fraction of sp³-hybridized carbons (Fsp3) is 0. The maximum atomic E-state index is 8.01. The van der Waals surface area contributed by atoms with Crippen LogP contribution in [0.15, 0.2) is 61.2 Å². The molecule has 0 saturated carbocycles. The predicted octanol–water partition coefficient (Wildman–Crippen LogP) is 4.00. The van der Waals surface area contributed by atoms with Crippen LogP contribution in [-0.4, -0.2) is 0 Å². The van der Waals surface area contributed by atoms with Crippen LogP contribution in [0.3, 0.4) is 0 Å². The van der Waals surface area contributed by atoms with Crippen molar-refractivity contribution in [3.63, 3.8) is 0 Å². The summed E-state index contributed by atoms with van der Waals surface area (Å²) in [6, 6.07) is 16.3. The molecule has 0 unspecified atom stereocenters. The quantitative estimate of drug-likeness (QED) is 0.657. The Kier molecular flexibility index (Phi) is 2.12. The monoisotopic (exact) mass is 181 g/mol. The lowest BCUT2D eigenvalue weighted by atomic mass is 10.0. The van der Waals surface area contributed by atoms with Crippen molar-refractivity contribution in [1.82, 2.24) is 0 Å². The smallest absolute Gasteiger partial charge is 0.0636 e. The molecule has 0 aliphatic carbocycles. The number of hydrogen-bond donors (Lipinski definition) is 0. The number of benzene rings is 2. The first kappa shape index (κ1) is 7.57. The molecule has 14 heavy (non-hydrogen) atoms. The van der Waals surface area contributed by atoms with E-state index in [0.717, 1.165) is 16.7 Å². The molecule has 0 nitrogen and oxygen atoms in total. The van der Waals surface area contributed by atoms with Crippen LogP contribution in [0.25, 0.3) is 17.2 Å². The van der Waals surface area contributed by atoms with Gasteiger partial charge >= 0.3 is 0 Å². The molecule has 0 aromatic heterocycles. The Morgan fingerprint density at radius 3 is 2.36 bits per heavy atom. The lowest BCUT2D eigenvalue weighted by Gasteiger charge is -2.01. The molecule has 0 amide bonds. The van der Waals surface area contributed by atoms with E-state index >= 15 is 0 Å². The average Bonchev–Trinajstić information content (AvgIpc) is 2.30. The molecule has 0 saturated heterocycles. The summed E-state index contributed by atoms with van der Waals surface area (Å²) in [5.74, 6) is 0. The minimum absolute atomic E-state index is 0.540. The van der Waals surface area contributed by atoms with Gasteiger partial charge < -0.3 is 0 Å².